The zero-order valence-electron chi connectivity index (χ0n) is 9.55. The van der Waals surface area contributed by atoms with E-state index in [4.69, 9.17) is 16.4 Å². The third-order valence-corrected chi connectivity index (χ3v) is 4.16. The Morgan fingerprint density at radius 1 is 1.00 bits per heavy atom. The lowest BCUT2D eigenvalue weighted by Crippen LogP contribution is -1.93. The monoisotopic (exact) mass is 277 g/mol. The molecule has 2 aromatic rings. The molecule has 0 spiro atoms. The number of hydrogen-bond acceptors (Lipinski definition) is 2. The van der Waals surface area contributed by atoms with E-state index < -0.39 is 9.73 Å². The van der Waals surface area contributed by atoms with Crippen molar-refractivity contribution in [3.05, 3.63) is 70.6 Å². The van der Waals surface area contributed by atoms with Crippen LogP contribution in [0.15, 0.2) is 64.9 Å². The molecule has 2 rings (SSSR count). The third kappa shape index (κ3) is 3.22. The molecule has 0 aliphatic rings. The average molecular weight is 278 g/mol. The fourth-order valence-electron chi connectivity index (χ4n) is 1.45. The largest absolute Gasteiger partial charge is 0.245 e. The summed E-state index contributed by atoms with van der Waals surface area (Å²) < 4.78 is 20.1. The first-order valence-electron chi connectivity index (χ1n) is 5.35. The van der Waals surface area contributed by atoms with Gasteiger partial charge in [0.2, 0.25) is 0 Å². The summed E-state index contributed by atoms with van der Waals surface area (Å²) in [5.74, 6) is 0. The summed E-state index contributed by atoms with van der Waals surface area (Å²) in [7, 11) is -2.91. The number of benzene rings is 2. The highest BCUT2D eigenvalue weighted by molar-refractivity contribution is 7.95. The summed E-state index contributed by atoms with van der Waals surface area (Å²) in [6, 6.07) is 16.0. The predicted octanol–water partition coefficient (Wildman–Crippen LogP) is 4.42. The lowest BCUT2D eigenvalue weighted by atomic mass is 10.2. The molecule has 92 valence electrons. The molecule has 1 atom stereocenters. The Morgan fingerprint density at radius 3 is 2.22 bits per heavy atom. The van der Waals surface area contributed by atoms with E-state index in [0.29, 0.717) is 9.92 Å². The molecule has 0 aromatic heterocycles. The van der Waals surface area contributed by atoms with Gasteiger partial charge >= 0.3 is 0 Å². The molecule has 0 heterocycles. The van der Waals surface area contributed by atoms with Crippen molar-refractivity contribution in [1.82, 2.24) is 0 Å². The zero-order chi connectivity index (χ0) is 13.0. The summed E-state index contributed by atoms with van der Waals surface area (Å²) in [5, 5.41) is 1.99. The van der Waals surface area contributed by atoms with Crippen LogP contribution >= 0.6 is 11.6 Å². The van der Waals surface area contributed by atoms with Crippen molar-refractivity contribution >= 4 is 27.4 Å². The van der Waals surface area contributed by atoms with Crippen molar-refractivity contribution in [2.45, 2.75) is 4.90 Å². The second-order valence-corrected chi connectivity index (χ2v) is 6.15. The van der Waals surface area contributed by atoms with Gasteiger partial charge in [0.15, 0.2) is 0 Å². The topological polar surface area (TPSA) is 40.9 Å². The van der Waals surface area contributed by atoms with E-state index >= 15 is 0 Å². The molecule has 0 saturated carbocycles. The molecule has 2 aromatic carbocycles. The summed E-state index contributed by atoms with van der Waals surface area (Å²) in [5.41, 5.74) is 0.923. The molecule has 0 fully saturated rings. The minimum Gasteiger partial charge on any atom is -0.245 e. The Morgan fingerprint density at radius 2 is 1.61 bits per heavy atom. The van der Waals surface area contributed by atoms with Gasteiger partial charge in [-0.05, 0) is 35.9 Å². The van der Waals surface area contributed by atoms with Crippen LogP contribution in [0, 0.1) is 4.78 Å². The Hall–Kier alpha value is -1.58. The number of nitrogens with one attached hydrogen (secondary N) is 1. The SMILES string of the molecule is N=S(=O)(/C=C/c1ccccc1)c1ccc(Cl)cc1. The number of halogens is 1. The van der Waals surface area contributed by atoms with Gasteiger partial charge < -0.3 is 0 Å². The molecular formula is C14H12ClNOS. The number of hydrogen-bond donors (Lipinski definition) is 1. The fourth-order valence-corrected chi connectivity index (χ4v) is 2.63. The first-order chi connectivity index (χ1) is 8.58. The molecule has 0 aliphatic carbocycles. The molecule has 1 unspecified atom stereocenters. The molecule has 0 amide bonds. The van der Waals surface area contributed by atoms with Crippen LogP contribution < -0.4 is 0 Å². The van der Waals surface area contributed by atoms with E-state index in [1.165, 1.54) is 5.41 Å². The highest BCUT2D eigenvalue weighted by atomic mass is 35.5. The van der Waals surface area contributed by atoms with Crippen LogP contribution in [0.1, 0.15) is 5.56 Å². The molecule has 4 heteroatoms. The van der Waals surface area contributed by atoms with Crippen LogP contribution in [0.2, 0.25) is 5.02 Å². The van der Waals surface area contributed by atoms with E-state index in [1.807, 2.05) is 30.3 Å². The first-order valence-corrected chi connectivity index (χ1v) is 7.35. The van der Waals surface area contributed by atoms with Crippen molar-refractivity contribution in [1.29, 1.82) is 4.78 Å². The van der Waals surface area contributed by atoms with Crippen LogP contribution in [-0.4, -0.2) is 4.21 Å². The van der Waals surface area contributed by atoms with E-state index in [9.17, 15) is 4.21 Å². The quantitative estimate of drug-likeness (QED) is 0.887. The van der Waals surface area contributed by atoms with Gasteiger partial charge in [0.05, 0.1) is 14.6 Å². The molecular weight excluding hydrogens is 266 g/mol. The minimum absolute atomic E-state index is 0.457. The second kappa shape index (κ2) is 5.38. The van der Waals surface area contributed by atoms with Gasteiger partial charge in [0.25, 0.3) is 0 Å². The van der Waals surface area contributed by atoms with Gasteiger partial charge in [-0.1, -0.05) is 41.9 Å². The van der Waals surface area contributed by atoms with Crippen molar-refractivity contribution in [3.8, 4) is 0 Å². The Balaban J connectivity index is 2.28. The van der Waals surface area contributed by atoms with Gasteiger partial charge in [-0.15, -0.1) is 0 Å². The highest BCUT2D eigenvalue weighted by Crippen LogP contribution is 2.17. The van der Waals surface area contributed by atoms with Crippen molar-refractivity contribution in [3.63, 3.8) is 0 Å². The van der Waals surface area contributed by atoms with Crippen LogP contribution in [0.3, 0.4) is 0 Å². The van der Waals surface area contributed by atoms with Gasteiger partial charge in [-0.2, -0.15) is 0 Å². The Labute approximate surface area is 112 Å². The van der Waals surface area contributed by atoms with Crippen molar-refractivity contribution < 1.29 is 4.21 Å². The zero-order valence-corrected chi connectivity index (χ0v) is 11.1. The Kier molecular flexibility index (Phi) is 3.84. The second-order valence-electron chi connectivity index (χ2n) is 3.77. The van der Waals surface area contributed by atoms with Crippen LogP contribution in [0.25, 0.3) is 6.08 Å². The van der Waals surface area contributed by atoms with E-state index in [2.05, 4.69) is 0 Å². The first kappa shape index (κ1) is 12.9. The fraction of sp³-hybridized carbons (Fsp3) is 0. The lowest BCUT2D eigenvalue weighted by molar-refractivity contribution is 0.681. The minimum atomic E-state index is -2.91. The summed E-state index contributed by atoms with van der Waals surface area (Å²) in [6.45, 7) is 0. The average Bonchev–Trinajstić information content (AvgIpc) is 2.38. The molecule has 0 bridgehead atoms. The van der Waals surface area contributed by atoms with Crippen LogP contribution in [0.4, 0.5) is 0 Å². The molecule has 1 N–H and O–H groups in total. The van der Waals surface area contributed by atoms with Gasteiger partial charge in [0.1, 0.15) is 0 Å². The van der Waals surface area contributed by atoms with Crippen molar-refractivity contribution in [2.75, 3.05) is 0 Å². The van der Waals surface area contributed by atoms with Gasteiger partial charge in [-0.3, -0.25) is 0 Å². The van der Waals surface area contributed by atoms with E-state index in [-0.39, 0.29) is 0 Å². The molecule has 0 aliphatic heterocycles. The maximum absolute atomic E-state index is 12.2. The maximum Gasteiger partial charge on any atom is 0.0943 e. The predicted molar refractivity (Wildman–Crippen MR) is 76.1 cm³/mol. The van der Waals surface area contributed by atoms with Crippen LogP contribution in [0.5, 0.6) is 0 Å². The molecule has 0 saturated heterocycles. The molecule has 0 radical (unpaired) electrons. The summed E-state index contributed by atoms with van der Waals surface area (Å²) >= 11 is 5.76. The van der Waals surface area contributed by atoms with E-state index in [0.717, 1.165) is 5.56 Å². The standard InChI is InChI=1S/C14H12ClNOS/c15-13-6-8-14(9-7-13)18(16,17)11-10-12-4-2-1-3-5-12/h1-11,16H/b11-10+. The third-order valence-electron chi connectivity index (χ3n) is 2.42. The maximum atomic E-state index is 12.2. The van der Waals surface area contributed by atoms with Gasteiger partial charge in [0, 0.05) is 10.4 Å². The lowest BCUT2D eigenvalue weighted by Gasteiger charge is -2.02. The molecule has 18 heavy (non-hydrogen) atoms. The summed E-state index contributed by atoms with van der Waals surface area (Å²) in [4.78, 5) is 0.457. The van der Waals surface area contributed by atoms with E-state index in [1.54, 1.807) is 30.3 Å². The normalized spacial score (nSPS) is 14.5. The number of rotatable bonds is 3. The van der Waals surface area contributed by atoms with Crippen molar-refractivity contribution in [2.24, 2.45) is 0 Å². The molecule has 2 nitrogen and oxygen atoms in total. The smallest absolute Gasteiger partial charge is 0.0943 e. The highest BCUT2D eigenvalue weighted by Gasteiger charge is 2.05. The Bertz CT molecular complexity index is 646. The van der Waals surface area contributed by atoms with Gasteiger partial charge in [-0.25, -0.2) is 8.99 Å². The van der Waals surface area contributed by atoms with Crippen LogP contribution in [-0.2, 0) is 9.73 Å². The summed E-state index contributed by atoms with van der Waals surface area (Å²) in [6.07, 6.45) is 1.70.